The highest BCUT2D eigenvalue weighted by Crippen LogP contribution is 2.30. The third-order valence-electron chi connectivity index (χ3n) is 2.95. The number of hydrogen-bond donors (Lipinski definition) is 2. The first-order chi connectivity index (χ1) is 6.63. The Morgan fingerprint density at radius 3 is 2.79 bits per heavy atom. The average Bonchev–Trinajstić information content (AvgIpc) is 2.97. The van der Waals surface area contributed by atoms with Crippen molar-refractivity contribution in [2.45, 2.75) is 38.6 Å². The van der Waals surface area contributed by atoms with Crippen molar-refractivity contribution in [1.29, 1.82) is 0 Å². The van der Waals surface area contributed by atoms with Crippen molar-refractivity contribution in [1.82, 2.24) is 10.3 Å². The van der Waals surface area contributed by atoms with Crippen LogP contribution in [0, 0.1) is 5.92 Å². The van der Waals surface area contributed by atoms with E-state index in [4.69, 9.17) is 5.84 Å². The third-order valence-corrected chi connectivity index (χ3v) is 2.95. The van der Waals surface area contributed by atoms with Gasteiger partial charge in [0.15, 0.2) is 0 Å². The summed E-state index contributed by atoms with van der Waals surface area (Å²) in [5, 5.41) is 0. The van der Waals surface area contributed by atoms with Gasteiger partial charge in [0.05, 0.1) is 0 Å². The number of amides is 1. The third kappa shape index (κ3) is 4.07. The Morgan fingerprint density at radius 1 is 1.64 bits per heavy atom. The smallest absolute Gasteiger partial charge is 0.233 e. The van der Waals surface area contributed by atoms with Gasteiger partial charge in [0.2, 0.25) is 5.91 Å². The van der Waals surface area contributed by atoms with Crippen molar-refractivity contribution in [3.05, 3.63) is 0 Å². The minimum absolute atomic E-state index is 0.0725. The van der Waals surface area contributed by atoms with E-state index in [9.17, 15) is 4.79 Å². The normalized spacial score (nSPS) is 18.3. The second-order valence-corrected chi connectivity index (χ2v) is 4.34. The largest absolute Gasteiger partial charge is 0.303 e. The molecule has 1 aliphatic carbocycles. The molecule has 3 N–H and O–H groups in total. The van der Waals surface area contributed by atoms with Gasteiger partial charge in [-0.25, -0.2) is 5.84 Å². The summed E-state index contributed by atoms with van der Waals surface area (Å²) in [5.74, 6) is 5.85. The van der Waals surface area contributed by atoms with Gasteiger partial charge < -0.3 is 4.90 Å². The van der Waals surface area contributed by atoms with Gasteiger partial charge in [0, 0.05) is 19.0 Å². The molecule has 4 heteroatoms. The van der Waals surface area contributed by atoms with Gasteiger partial charge in [-0.3, -0.25) is 10.2 Å². The lowest BCUT2D eigenvalue weighted by Gasteiger charge is -2.24. The molecule has 1 atom stereocenters. The number of carbonyl (C=O) groups excluding carboxylic acids is 1. The number of hydrogen-bond acceptors (Lipinski definition) is 3. The van der Waals surface area contributed by atoms with Gasteiger partial charge in [-0.1, -0.05) is 0 Å². The first-order valence-corrected chi connectivity index (χ1v) is 5.33. The molecule has 0 bridgehead atoms. The summed E-state index contributed by atoms with van der Waals surface area (Å²) in [6.07, 6.45) is 4.15. The van der Waals surface area contributed by atoms with Crippen LogP contribution in [0.15, 0.2) is 0 Å². The Labute approximate surface area is 85.8 Å². The molecule has 1 saturated carbocycles. The summed E-state index contributed by atoms with van der Waals surface area (Å²) in [6, 6.07) is 0.466. The van der Waals surface area contributed by atoms with Crippen LogP contribution in [-0.2, 0) is 4.79 Å². The molecule has 1 rings (SSSR count). The van der Waals surface area contributed by atoms with E-state index < -0.39 is 0 Å². The van der Waals surface area contributed by atoms with Gasteiger partial charge in [-0.05, 0) is 39.2 Å². The Hall–Kier alpha value is -0.610. The van der Waals surface area contributed by atoms with Crippen LogP contribution in [0.3, 0.4) is 0 Å². The Balaban J connectivity index is 2.12. The maximum Gasteiger partial charge on any atom is 0.233 e. The van der Waals surface area contributed by atoms with Crippen molar-refractivity contribution in [3.8, 4) is 0 Å². The summed E-state index contributed by atoms with van der Waals surface area (Å²) in [5.41, 5.74) is 2.15. The van der Waals surface area contributed by atoms with E-state index in [2.05, 4.69) is 24.3 Å². The first-order valence-electron chi connectivity index (χ1n) is 5.33. The fourth-order valence-electron chi connectivity index (χ4n) is 1.52. The van der Waals surface area contributed by atoms with Crippen molar-refractivity contribution >= 4 is 5.91 Å². The molecular formula is C10H21N3O. The lowest BCUT2D eigenvalue weighted by Crippen LogP contribution is -2.34. The molecular weight excluding hydrogens is 178 g/mol. The molecule has 0 radical (unpaired) electrons. The fourth-order valence-corrected chi connectivity index (χ4v) is 1.52. The van der Waals surface area contributed by atoms with E-state index in [1.807, 2.05) is 0 Å². The van der Waals surface area contributed by atoms with E-state index in [0.29, 0.717) is 12.5 Å². The van der Waals surface area contributed by atoms with Gasteiger partial charge in [-0.2, -0.15) is 0 Å². The monoisotopic (exact) mass is 199 g/mol. The molecule has 82 valence electrons. The maximum absolute atomic E-state index is 10.9. The Kier molecular flexibility index (Phi) is 4.35. The number of carbonyl (C=O) groups is 1. The quantitative estimate of drug-likeness (QED) is 0.372. The van der Waals surface area contributed by atoms with Crippen LogP contribution in [0.2, 0.25) is 0 Å². The maximum atomic E-state index is 10.9. The number of nitrogens with zero attached hydrogens (tertiary/aromatic N) is 1. The minimum atomic E-state index is -0.0725. The molecule has 0 aromatic heterocycles. The first kappa shape index (κ1) is 11.5. The van der Waals surface area contributed by atoms with E-state index in [1.165, 1.54) is 19.4 Å². The summed E-state index contributed by atoms with van der Waals surface area (Å²) < 4.78 is 0. The topological polar surface area (TPSA) is 58.4 Å². The zero-order valence-corrected chi connectivity index (χ0v) is 9.12. The predicted octanol–water partition coefficient (Wildman–Crippen LogP) is 0.487. The standard InChI is InChI=1S/C10H21N3O/c1-8(3-6-10(14)12-11)13(2)7-9-4-5-9/h8-9H,3-7,11H2,1-2H3,(H,12,14). The summed E-state index contributed by atoms with van der Waals surface area (Å²) in [4.78, 5) is 13.3. The van der Waals surface area contributed by atoms with E-state index >= 15 is 0 Å². The van der Waals surface area contributed by atoms with Crippen LogP contribution in [-0.4, -0.2) is 30.4 Å². The molecule has 1 unspecified atom stereocenters. The lowest BCUT2D eigenvalue weighted by atomic mass is 10.1. The second-order valence-electron chi connectivity index (χ2n) is 4.34. The van der Waals surface area contributed by atoms with Crippen molar-refractivity contribution in [2.75, 3.05) is 13.6 Å². The highest BCUT2D eigenvalue weighted by molar-refractivity contribution is 5.75. The van der Waals surface area contributed by atoms with Gasteiger partial charge in [0.25, 0.3) is 0 Å². The fraction of sp³-hybridized carbons (Fsp3) is 0.900. The molecule has 0 spiro atoms. The average molecular weight is 199 g/mol. The minimum Gasteiger partial charge on any atom is -0.303 e. The van der Waals surface area contributed by atoms with Crippen LogP contribution < -0.4 is 11.3 Å². The Bertz CT molecular complexity index is 192. The van der Waals surface area contributed by atoms with Gasteiger partial charge in [-0.15, -0.1) is 0 Å². The van der Waals surface area contributed by atoms with E-state index in [0.717, 1.165) is 12.3 Å². The molecule has 0 heterocycles. The molecule has 1 amide bonds. The van der Waals surface area contributed by atoms with Crippen molar-refractivity contribution < 1.29 is 4.79 Å². The molecule has 0 aliphatic heterocycles. The number of rotatable bonds is 6. The van der Waals surface area contributed by atoms with Crippen LogP contribution in [0.25, 0.3) is 0 Å². The number of nitrogens with two attached hydrogens (primary N) is 1. The predicted molar refractivity (Wildman–Crippen MR) is 56.4 cm³/mol. The van der Waals surface area contributed by atoms with E-state index in [1.54, 1.807) is 0 Å². The summed E-state index contributed by atoms with van der Waals surface area (Å²) >= 11 is 0. The van der Waals surface area contributed by atoms with Crippen molar-refractivity contribution in [3.63, 3.8) is 0 Å². The van der Waals surface area contributed by atoms with Crippen LogP contribution in [0.4, 0.5) is 0 Å². The zero-order valence-electron chi connectivity index (χ0n) is 9.12. The molecule has 4 nitrogen and oxygen atoms in total. The van der Waals surface area contributed by atoms with Crippen LogP contribution in [0.1, 0.15) is 32.6 Å². The van der Waals surface area contributed by atoms with Gasteiger partial charge >= 0.3 is 0 Å². The molecule has 1 aliphatic rings. The second kappa shape index (κ2) is 5.32. The van der Waals surface area contributed by atoms with Gasteiger partial charge in [0.1, 0.15) is 0 Å². The summed E-state index contributed by atoms with van der Waals surface area (Å²) in [7, 11) is 2.13. The lowest BCUT2D eigenvalue weighted by molar-refractivity contribution is -0.121. The molecule has 14 heavy (non-hydrogen) atoms. The van der Waals surface area contributed by atoms with Crippen molar-refractivity contribution in [2.24, 2.45) is 11.8 Å². The van der Waals surface area contributed by atoms with E-state index in [-0.39, 0.29) is 5.91 Å². The SMILES string of the molecule is CC(CCC(=O)NN)N(C)CC1CC1. The molecule has 1 fully saturated rings. The molecule has 0 saturated heterocycles. The van der Waals surface area contributed by atoms with Crippen LogP contribution >= 0.6 is 0 Å². The zero-order chi connectivity index (χ0) is 10.6. The van der Waals surface area contributed by atoms with Crippen LogP contribution in [0.5, 0.6) is 0 Å². The number of hydrazine groups is 1. The number of nitrogens with one attached hydrogen (secondary N) is 1. The summed E-state index contributed by atoms with van der Waals surface area (Å²) in [6.45, 7) is 3.33. The highest BCUT2D eigenvalue weighted by atomic mass is 16.2. The Morgan fingerprint density at radius 2 is 2.29 bits per heavy atom. The molecule has 0 aromatic carbocycles. The highest BCUT2D eigenvalue weighted by Gasteiger charge is 2.24. The molecule has 0 aromatic rings.